The van der Waals surface area contributed by atoms with Gasteiger partial charge in [0.15, 0.2) is 5.69 Å². The monoisotopic (exact) mass is 501 g/mol. The molecule has 1 aromatic carbocycles. The number of ether oxygens (including phenoxy) is 1. The summed E-state index contributed by atoms with van der Waals surface area (Å²) in [6.07, 6.45) is 5.10. The van der Waals surface area contributed by atoms with Crippen molar-refractivity contribution >= 4 is 22.9 Å². The van der Waals surface area contributed by atoms with Gasteiger partial charge in [0.05, 0.1) is 36.7 Å². The summed E-state index contributed by atoms with van der Waals surface area (Å²) in [6, 6.07) is 15.0. The summed E-state index contributed by atoms with van der Waals surface area (Å²) in [4.78, 5) is 24.5. The van der Waals surface area contributed by atoms with Gasteiger partial charge in [0.25, 0.3) is 5.91 Å². The van der Waals surface area contributed by atoms with Crippen molar-refractivity contribution in [2.45, 2.75) is 6.92 Å². The molecule has 0 bridgehead atoms. The summed E-state index contributed by atoms with van der Waals surface area (Å²) in [5.41, 5.74) is 4.01. The molecule has 0 aliphatic carbocycles. The van der Waals surface area contributed by atoms with E-state index in [4.69, 9.17) is 11.3 Å². The summed E-state index contributed by atoms with van der Waals surface area (Å²) in [7, 11) is 0. The zero-order valence-electron chi connectivity index (χ0n) is 20.8. The quantitative estimate of drug-likeness (QED) is 0.311. The van der Waals surface area contributed by atoms with Crippen LogP contribution >= 0.6 is 0 Å². The number of amides is 1. The third-order valence-corrected chi connectivity index (χ3v) is 6.26. The number of benzene rings is 1. The normalized spacial score (nSPS) is 12.8. The Morgan fingerprint density at radius 3 is 2.71 bits per heavy atom. The number of anilines is 1. The Hall–Kier alpha value is -5.33. The number of fused-ring (bicyclic) bond motifs is 1. The highest BCUT2D eigenvalue weighted by Crippen LogP contribution is 2.31. The number of nitriles is 1. The second-order valence-electron chi connectivity index (χ2n) is 8.58. The molecular formula is C29H23N7O2. The first-order valence-corrected chi connectivity index (χ1v) is 12.1. The van der Waals surface area contributed by atoms with Gasteiger partial charge in [-0.2, -0.15) is 10.4 Å². The molecule has 9 nitrogen and oxygen atoms in total. The third kappa shape index (κ3) is 4.97. The van der Waals surface area contributed by atoms with Crippen molar-refractivity contribution in [3.05, 3.63) is 83.6 Å². The number of aromatic nitrogens is 3. The molecule has 5 rings (SSSR count). The van der Waals surface area contributed by atoms with E-state index in [1.807, 2.05) is 25.1 Å². The molecule has 1 saturated heterocycles. The second-order valence-corrected chi connectivity index (χ2v) is 8.58. The fraction of sp³-hybridized carbons (Fsp3) is 0.207. The van der Waals surface area contributed by atoms with Crippen molar-refractivity contribution in [2.75, 3.05) is 37.7 Å². The highest BCUT2D eigenvalue weighted by atomic mass is 16.5. The highest BCUT2D eigenvalue weighted by molar-refractivity contribution is 5.94. The first-order valence-electron chi connectivity index (χ1n) is 12.1. The van der Waals surface area contributed by atoms with E-state index in [9.17, 15) is 10.1 Å². The van der Waals surface area contributed by atoms with E-state index in [1.54, 1.807) is 52.3 Å². The predicted octanol–water partition coefficient (Wildman–Crippen LogP) is 3.92. The third-order valence-electron chi connectivity index (χ3n) is 6.26. The molecule has 4 heterocycles. The van der Waals surface area contributed by atoms with Crippen molar-refractivity contribution < 1.29 is 9.53 Å². The maximum atomic E-state index is 12.6. The molecule has 1 aliphatic rings. The van der Waals surface area contributed by atoms with E-state index in [0.717, 1.165) is 16.9 Å². The van der Waals surface area contributed by atoms with Crippen LogP contribution in [-0.4, -0.2) is 58.2 Å². The Bertz CT molecular complexity index is 1640. The second kappa shape index (κ2) is 10.7. The Morgan fingerprint density at radius 2 is 2.00 bits per heavy atom. The fourth-order valence-electron chi connectivity index (χ4n) is 4.37. The average Bonchev–Trinajstić information content (AvgIpc) is 3.39. The average molecular weight is 502 g/mol. The molecule has 1 amide bonds. The summed E-state index contributed by atoms with van der Waals surface area (Å²) in [6.45, 7) is 11.9. The van der Waals surface area contributed by atoms with E-state index < -0.39 is 0 Å². The van der Waals surface area contributed by atoms with Crippen molar-refractivity contribution in [2.24, 2.45) is 0 Å². The smallest absolute Gasteiger partial charge is 0.298 e. The van der Waals surface area contributed by atoms with Crippen LogP contribution in [0.2, 0.25) is 0 Å². The van der Waals surface area contributed by atoms with Gasteiger partial charge < -0.3 is 14.5 Å². The maximum Gasteiger partial charge on any atom is 0.298 e. The van der Waals surface area contributed by atoms with Crippen LogP contribution in [0.1, 0.15) is 18.1 Å². The van der Waals surface area contributed by atoms with Crippen LogP contribution in [0.4, 0.5) is 11.5 Å². The zero-order chi connectivity index (χ0) is 26.5. The minimum Gasteiger partial charge on any atom is -0.492 e. The van der Waals surface area contributed by atoms with Gasteiger partial charge in [0.2, 0.25) is 0 Å². The summed E-state index contributed by atoms with van der Waals surface area (Å²) in [5.74, 6) is 6.81. The van der Waals surface area contributed by atoms with Gasteiger partial charge >= 0.3 is 0 Å². The summed E-state index contributed by atoms with van der Waals surface area (Å²) < 4.78 is 7.35. The van der Waals surface area contributed by atoms with Crippen molar-refractivity contribution in [3.63, 3.8) is 0 Å². The van der Waals surface area contributed by atoms with Gasteiger partial charge in [0.1, 0.15) is 17.6 Å². The standard InChI is InChI=1S/C29H23N7O2/c1-3-38-25-16-26(29-23(17-30)19-33-36(29)20-25)22-8-9-27(32-18-22)34-11-13-35(14-12-34)28(37)10-7-21-5-4-6-24(15-21)31-2/h4-6,8-9,15-16,18-20H,3,11-14H2,1H3. The molecule has 0 N–H and O–H groups in total. The zero-order valence-corrected chi connectivity index (χ0v) is 20.8. The van der Waals surface area contributed by atoms with Gasteiger partial charge in [-0.1, -0.05) is 18.1 Å². The molecule has 38 heavy (non-hydrogen) atoms. The molecule has 186 valence electrons. The molecule has 0 radical (unpaired) electrons. The lowest BCUT2D eigenvalue weighted by Gasteiger charge is -2.34. The summed E-state index contributed by atoms with van der Waals surface area (Å²) in [5, 5.41) is 13.9. The van der Waals surface area contributed by atoms with E-state index in [1.165, 1.54) is 0 Å². The minimum atomic E-state index is -0.228. The van der Waals surface area contributed by atoms with Crippen molar-refractivity contribution in [1.82, 2.24) is 19.5 Å². The van der Waals surface area contributed by atoms with Crippen molar-refractivity contribution in [3.8, 4) is 34.8 Å². The van der Waals surface area contributed by atoms with Gasteiger partial charge in [-0.3, -0.25) is 4.79 Å². The van der Waals surface area contributed by atoms with E-state index in [-0.39, 0.29) is 5.91 Å². The van der Waals surface area contributed by atoms with Gasteiger partial charge in [0, 0.05) is 55.0 Å². The number of rotatable bonds is 4. The fourth-order valence-corrected chi connectivity index (χ4v) is 4.37. The number of nitrogens with zero attached hydrogens (tertiary/aromatic N) is 7. The predicted molar refractivity (Wildman–Crippen MR) is 143 cm³/mol. The largest absolute Gasteiger partial charge is 0.492 e. The number of carbonyl (C=O) groups excluding carboxylic acids is 1. The molecule has 0 spiro atoms. The van der Waals surface area contributed by atoms with Crippen LogP contribution in [0.5, 0.6) is 5.75 Å². The first kappa shape index (κ1) is 24.4. The lowest BCUT2D eigenvalue weighted by Crippen LogP contribution is -2.48. The number of pyridine rings is 2. The van der Waals surface area contributed by atoms with Gasteiger partial charge in [-0.05, 0) is 37.3 Å². The van der Waals surface area contributed by atoms with Crippen molar-refractivity contribution in [1.29, 1.82) is 5.26 Å². The molecule has 0 saturated carbocycles. The molecular weight excluding hydrogens is 478 g/mol. The minimum absolute atomic E-state index is 0.228. The lowest BCUT2D eigenvalue weighted by molar-refractivity contribution is -0.125. The van der Waals surface area contributed by atoms with Gasteiger partial charge in [-0.25, -0.2) is 14.3 Å². The van der Waals surface area contributed by atoms with E-state index >= 15 is 0 Å². The number of carbonyl (C=O) groups is 1. The van der Waals surface area contributed by atoms with Crippen LogP contribution < -0.4 is 9.64 Å². The molecule has 9 heteroatoms. The van der Waals surface area contributed by atoms with Crippen LogP contribution in [0, 0.1) is 29.7 Å². The topological polar surface area (TPSA) is 91.1 Å². The Labute approximate surface area is 220 Å². The lowest BCUT2D eigenvalue weighted by atomic mass is 10.1. The van der Waals surface area contributed by atoms with E-state index in [0.29, 0.717) is 60.9 Å². The SMILES string of the molecule is [C-]#[N+]c1cccc(C#CC(=O)N2CCN(c3ccc(-c4cc(OCC)cn5ncc(C#N)c45)cn3)CC2)c1. The van der Waals surface area contributed by atoms with Gasteiger partial charge in [-0.15, -0.1) is 0 Å². The Morgan fingerprint density at radius 1 is 1.16 bits per heavy atom. The molecule has 4 aromatic rings. The Balaban J connectivity index is 1.28. The van der Waals surface area contributed by atoms with Crippen LogP contribution in [0.15, 0.2) is 61.1 Å². The molecule has 3 aromatic heterocycles. The maximum absolute atomic E-state index is 12.6. The number of piperazine rings is 1. The first-order chi connectivity index (χ1) is 18.6. The molecule has 0 atom stereocenters. The highest BCUT2D eigenvalue weighted by Gasteiger charge is 2.21. The molecule has 1 fully saturated rings. The number of hydrogen-bond acceptors (Lipinski definition) is 6. The van der Waals surface area contributed by atoms with Crippen LogP contribution in [-0.2, 0) is 4.79 Å². The molecule has 0 unspecified atom stereocenters. The van der Waals surface area contributed by atoms with E-state index in [2.05, 4.69) is 37.7 Å². The van der Waals surface area contributed by atoms with Crippen LogP contribution in [0.25, 0.3) is 21.5 Å². The molecule has 1 aliphatic heterocycles. The summed E-state index contributed by atoms with van der Waals surface area (Å²) >= 11 is 0. The number of hydrogen-bond donors (Lipinski definition) is 0. The van der Waals surface area contributed by atoms with Crippen LogP contribution in [0.3, 0.4) is 0 Å². The Kier molecular flexibility index (Phi) is 6.89.